The molecule has 0 aromatic carbocycles. The van der Waals surface area contributed by atoms with Crippen LogP contribution in [0.3, 0.4) is 0 Å². The second-order valence-corrected chi connectivity index (χ2v) is 3.31. The molecule has 4 nitrogen and oxygen atoms in total. The number of methoxy groups -OCH3 is 2. The first-order valence-electron chi connectivity index (χ1n) is 4.10. The second kappa shape index (κ2) is 2.96. The molecule has 0 aromatic heterocycles. The van der Waals surface area contributed by atoms with Crippen molar-refractivity contribution >= 4 is 0 Å². The average molecular weight is 174 g/mol. The molecular formula is C8H14O4. The molecule has 0 radical (unpaired) electrons. The Bertz CT molecular complexity index is 162. The predicted molar refractivity (Wildman–Crippen MR) is 41.1 cm³/mol. The Kier molecular flexibility index (Phi) is 2.08. The molecule has 2 saturated heterocycles. The molecular weight excluding hydrogens is 160 g/mol. The van der Waals surface area contributed by atoms with Gasteiger partial charge in [-0.05, 0) is 0 Å². The number of hydrogen-bond acceptors (Lipinski definition) is 4. The summed E-state index contributed by atoms with van der Waals surface area (Å²) in [6.45, 7) is 1.76. The first-order chi connectivity index (χ1) is 5.82. The Morgan fingerprint density at radius 3 is 2.83 bits per heavy atom. The molecule has 0 N–H and O–H groups in total. The van der Waals surface area contributed by atoms with Gasteiger partial charge in [-0.2, -0.15) is 0 Å². The van der Waals surface area contributed by atoms with E-state index in [0.29, 0.717) is 19.8 Å². The zero-order valence-corrected chi connectivity index (χ0v) is 7.41. The lowest BCUT2D eigenvalue weighted by Gasteiger charge is -2.27. The van der Waals surface area contributed by atoms with Crippen LogP contribution in [0.1, 0.15) is 0 Å². The zero-order chi connectivity index (χ0) is 8.60. The van der Waals surface area contributed by atoms with Crippen LogP contribution in [0.5, 0.6) is 0 Å². The second-order valence-electron chi connectivity index (χ2n) is 3.31. The van der Waals surface area contributed by atoms with Gasteiger partial charge < -0.3 is 18.9 Å². The summed E-state index contributed by atoms with van der Waals surface area (Å²) in [5, 5.41) is 0. The number of hydrogen-bond donors (Lipinski definition) is 0. The Hall–Kier alpha value is -0.160. The number of ether oxygens (including phenoxy) is 4. The van der Waals surface area contributed by atoms with Gasteiger partial charge in [0, 0.05) is 14.2 Å². The zero-order valence-electron chi connectivity index (χ0n) is 7.41. The fourth-order valence-corrected chi connectivity index (χ4v) is 2.04. The number of rotatable bonds is 3. The van der Waals surface area contributed by atoms with E-state index in [1.165, 1.54) is 0 Å². The van der Waals surface area contributed by atoms with Gasteiger partial charge in [-0.15, -0.1) is 0 Å². The first-order valence-corrected chi connectivity index (χ1v) is 4.10. The Morgan fingerprint density at radius 1 is 1.50 bits per heavy atom. The number of fused-ring (bicyclic) bond motifs is 2. The highest BCUT2D eigenvalue weighted by atomic mass is 16.7. The largest absolute Gasteiger partial charge is 0.381 e. The molecule has 0 aliphatic carbocycles. The molecule has 70 valence electrons. The summed E-state index contributed by atoms with van der Waals surface area (Å²) in [5.74, 6) is 0. The van der Waals surface area contributed by atoms with Crippen LogP contribution in [-0.2, 0) is 18.9 Å². The summed E-state index contributed by atoms with van der Waals surface area (Å²) in [5.41, 5.74) is -0.339. The molecule has 2 rings (SSSR count). The third-order valence-electron chi connectivity index (χ3n) is 2.58. The fraction of sp³-hybridized carbons (Fsp3) is 1.00. The summed E-state index contributed by atoms with van der Waals surface area (Å²) in [6, 6.07) is 0. The van der Waals surface area contributed by atoms with E-state index in [2.05, 4.69) is 0 Å². The Balaban J connectivity index is 2.12. The van der Waals surface area contributed by atoms with Gasteiger partial charge in [0.1, 0.15) is 17.8 Å². The first kappa shape index (κ1) is 8.44. The molecule has 0 amide bonds. The summed E-state index contributed by atoms with van der Waals surface area (Å²) in [4.78, 5) is 0. The van der Waals surface area contributed by atoms with E-state index in [0.717, 1.165) is 0 Å². The lowest BCUT2D eigenvalue weighted by molar-refractivity contribution is -0.131. The molecule has 2 aliphatic rings. The van der Waals surface area contributed by atoms with Gasteiger partial charge in [0.25, 0.3) is 0 Å². The van der Waals surface area contributed by atoms with Crippen LogP contribution in [-0.4, -0.2) is 51.8 Å². The highest BCUT2D eigenvalue weighted by Gasteiger charge is 2.57. The van der Waals surface area contributed by atoms with Crippen molar-refractivity contribution in [1.29, 1.82) is 0 Å². The van der Waals surface area contributed by atoms with Gasteiger partial charge in [-0.1, -0.05) is 0 Å². The highest BCUT2D eigenvalue weighted by Crippen LogP contribution is 2.37. The smallest absolute Gasteiger partial charge is 0.143 e. The van der Waals surface area contributed by atoms with Crippen molar-refractivity contribution < 1.29 is 18.9 Å². The quantitative estimate of drug-likeness (QED) is 0.594. The van der Waals surface area contributed by atoms with Crippen molar-refractivity contribution in [2.45, 2.75) is 17.8 Å². The molecule has 0 spiro atoms. The van der Waals surface area contributed by atoms with Crippen molar-refractivity contribution in [3.05, 3.63) is 0 Å². The summed E-state index contributed by atoms with van der Waals surface area (Å²) >= 11 is 0. The van der Waals surface area contributed by atoms with Crippen molar-refractivity contribution in [1.82, 2.24) is 0 Å². The maximum atomic E-state index is 5.61. The van der Waals surface area contributed by atoms with E-state index in [1.54, 1.807) is 14.2 Å². The van der Waals surface area contributed by atoms with Crippen molar-refractivity contribution in [2.24, 2.45) is 0 Å². The minimum absolute atomic E-state index is 0.0393. The summed E-state index contributed by atoms with van der Waals surface area (Å²) in [7, 11) is 3.35. The van der Waals surface area contributed by atoms with Crippen LogP contribution >= 0.6 is 0 Å². The minimum atomic E-state index is -0.339. The molecule has 2 aliphatic heterocycles. The Labute approximate surface area is 71.7 Å². The molecule has 2 unspecified atom stereocenters. The van der Waals surface area contributed by atoms with Gasteiger partial charge in [-0.25, -0.2) is 0 Å². The van der Waals surface area contributed by atoms with E-state index in [-0.39, 0.29) is 17.8 Å². The van der Waals surface area contributed by atoms with Crippen LogP contribution in [0.25, 0.3) is 0 Å². The molecule has 3 atom stereocenters. The van der Waals surface area contributed by atoms with Crippen LogP contribution in [0.4, 0.5) is 0 Å². The lowest BCUT2D eigenvalue weighted by Crippen LogP contribution is -2.45. The van der Waals surface area contributed by atoms with Crippen LogP contribution in [0.2, 0.25) is 0 Å². The third-order valence-corrected chi connectivity index (χ3v) is 2.58. The van der Waals surface area contributed by atoms with Crippen molar-refractivity contribution in [3.63, 3.8) is 0 Å². The molecule has 2 bridgehead atoms. The molecule has 0 aromatic rings. The van der Waals surface area contributed by atoms with Crippen LogP contribution < -0.4 is 0 Å². The standard InChI is InChI=1S/C8H14O4/c1-9-4-8-5-11-6(3-12-8)7(8)10-2/h6-7H,3-5H2,1-2H3/t6?,7?,8-/m0/s1. The summed E-state index contributed by atoms with van der Waals surface area (Å²) < 4.78 is 21.5. The topological polar surface area (TPSA) is 36.9 Å². The third kappa shape index (κ3) is 0.992. The van der Waals surface area contributed by atoms with E-state index in [9.17, 15) is 0 Å². The van der Waals surface area contributed by atoms with Gasteiger partial charge >= 0.3 is 0 Å². The molecule has 2 fully saturated rings. The van der Waals surface area contributed by atoms with E-state index in [4.69, 9.17) is 18.9 Å². The van der Waals surface area contributed by atoms with Crippen LogP contribution in [0.15, 0.2) is 0 Å². The normalized spacial score (nSPS) is 45.5. The van der Waals surface area contributed by atoms with Crippen molar-refractivity contribution in [2.75, 3.05) is 34.0 Å². The van der Waals surface area contributed by atoms with Gasteiger partial charge in [0.2, 0.25) is 0 Å². The maximum absolute atomic E-state index is 5.61. The predicted octanol–water partition coefficient (Wildman–Crippen LogP) is -0.184. The molecule has 2 heterocycles. The van der Waals surface area contributed by atoms with Gasteiger partial charge in [0.15, 0.2) is 0 Å². The van der Waals surface area contributed by atoms with Crippen molar-refractivity contribution in [3.8, 4) is 0 Å². The SMILES string of the molecule is COC[C@@]12COC(CO1)C2OC. The van der Waals surface area contributed by atoms with Gasteiger partial charge in [0.05, 0.1) is 19.8 Å². The lowest BCUT2D eigenvalue weighted by atomic mass is 10.0. The maximum Gasteiger partial charge on any atom is 0.143 e. The van der Waals surface area contributed by atoms with Crippen LogP contribution in [0, 0.1) is 0 Å². The Morgan fingerprint density at radius 2 is 2.33 bits per heavy atom. The minimum Gasteiger partial charge on any atom is -0.381 e. The molecule has 4 heteroatoms. The summed E-state index contributed by atoms with van der Waals surface area (Å²) in [6.07, 6.45) is 0.141. The van der Waals surface area contributed by atoms with E-state index >= 15 is 0 Å². The van der Waals surface area contributed by atoms with Gasteiger partial charge in [-0.3, -0.25) is 0 Å². The highest BCUT2D eigenvalue weighted by molar-refractivity contribution is 5.04. The average Bonchev–Trinajstić information content (AvgIpc) is 2.58. The van der Waals surface area contributed by atoms with E-state index < -0.39 is 0 Å². The van der Waals surface area contributed by atoms with E-state index in [1.807, 2.05) is 0 Å². The molecule has 12 heavy (non-hydrogen) atoms. The molecule has 0 saturated carbocycles. The monoisotopic (exact) mass is 174 g/mol. The fourth-order valence-electron chi connectivity index (χ4n) is 2.04.